The Morgan fingerprint density at radius 1 is 1.16 bits per heavy atom. The number of carbonyl (C=O) groups is 2. The topological polar surface area (TPSA) is 83.8 Å². The molecule has 1 aliphatic heterocycles. The highest BCUT2D eigenvalue weighted by Crippen LogP contribution is 2.24. The van der Waals surface area contributed by atoms with E-state index >= 15 is 0 Å². The molecule has 1 aromatic carbocycles. The van der Waals surface area contributed by atoms with Gasteiger partial charge in [-0.15, -0.1) is 0 Å². The number of methoxy groups -OCH3 is 1. The summed E-state index contributed by atoms with van der Waals surface area (Å²) < 4.78 is 10.5. The summed E-state index contributed by atoms with van der Waals surface area (Å²) in [4.78, 5) is 27.2. The molecule has 2 N–H and O–H groups in total. The SMILES string of the molecule is COc1ccc(C(NC(=O)CN2CCC(NC(=O)c3occc3C)CC2)C(C)C)cc1. The van der Waals surface area contributed by atoms with Crippen LogP contribution in [0, 0.1) is 12.8 Å². The molecule has 7 heteroatoms. The van der Waals surface area contributed by atoms with Gasteiger partial charge in [0.15, 0.2) is 5.76 Å². The molecule has 7 nitrogen and oxygen atoms in total. The molecule has 168 valence electrons. The van der Waals surface area contributed by atoms with Crippen LogP contribution in [0.4, 0.5) is 0 Å². The van der Waals surface area contributed by atoms with Gasteiger partial charge in [0.25, 0.3) is 5.91 Å². The number of carbonyl (C=O) groups excluding carboxylic acids is 2. The molecule has 0 spiro atoms. The van der Waals surface area contributed by atoms with E-state index in [-0.39, 0.29) is 29.8 Å². The Morgan fingerprint density at radius 3 is 2.39 bits per heavy atom. The van der Waals surface area contributed by atoms with Crippen molar-refractivity contribution in [1.29, 1.82) is 0 Å². The lowest BCUT2D eigenvalue weighted by Crippen LogP contribution is -2.48. The number of nitrogens with one attached hydrogen (secondary N) is 2. The zero-order valence-electron chi connectivity index (χ0n) is 18.8. The molecule has 0 aliphatic carbocycles. The molecular weight excluding hydrogens is 394 g/mol. The lowest BCUT2D eigenvalue weighted by atomic mass is 9.96. The zero-order chi connectivity index (χ0) is 22.4. The maximum absolute atomic E-state index is 12.7. The van der Waals surface area contributed by atoms with Crippen LogP contribution < -0.4 is 15.4 Å². The first-order valence-corrected chi connectivity index (χ1v) is 10.9. The maximum Gasteiger partial charge on any atom is 0.287 e. The van der Waals surface area contributed by atoms with Crippen LogP contribution in [0.3, 0.4) is 0 Å². The molecule has 2 amide bonds. The van der Waals surface area contributed by atoms with Gasteiger partial charge in [-0.3, -0.25) is 14.5 Å². The second-order valence-corrected chi connectivity index (χ2v) is 8.52. The Kier molecular flexibility index (Phi) is 7.74. The van der Waals surface area contributed by atoms with Crippen LogP contribution in [-0.4, -0.2) is 49.5 Å². The zero-order valence-corrected chi connectivity index (χ0v) is 18.8. The van der Waals surface area contributed by atoms with Gasteiger partial charge in [-0.1, -0.05) is 26.0 Å². The number of furan rings is 1. The second kappa shape index (κ2) is 10.5. The molecule has 0 bridgehead atoms. The smallest absolute Gasteiger partial charge is 0.287 e. The van der Waals surface area contributed by atoms with Crippen molar-refractivity contribution in [3.8, 4) is 5.75 Å². The van der Waals surface area contributed by atoms with Crippen molar-refractivity contribution in [1.82, 2.24) is 15.5 Å². The molecule has 1 unspecified atom stereocenters. The monoisotopic (exact) mass is 427 g/mol. The fourth-order valence-electron chi connectivity index (χ4n) is 3.96. The summed E-state index contributed by atoms with van der Waals surface area (Å²) in [6, 6.07) is 9.66. The molecule has 1 saturated heterocycles. The molecule has 2 aromatic rings. The van der Waals surface area contributed by atoms with Crippen LogP contribution in [0.15, 0.2) is 41.0 Å². The van der Waals surface area contributed by atoms with Gasteiger partial charge in [0.2, 0.25) is 5.91 Å². The van der Waals surface area contributed by atoms with E-state index in [2.05, 4.69) is 29.4 Å². The normalized spacial score (nSPS) is 16.2. The number of rotatable bonds is 8. The number of amides is 2. The average Bonchev–Trinajstić information content (AvgIpc) is 3.19. The maximum atomic E-state index is 12.7. The van der Waals surface area contributed by atoms with Gasteiger partial charge < -0.3 is 19.8 Å². The number of hydrogen-bond acceptors (Lipinski definition) is 5. The van der Waals surface area contributed by atoms with Crippen molar-refractivity contribution < 1.29 is 18.7 Å². The minimum Gasteiger partial charge on any atom is -0.497 e. The number of likely N-dealkylation sites (tertiary alicyclic amines) is 1. The summed E-state index contributed by atoms with van der Waals surface area (Å²) in [5, 5.41) is 6.23. The predicted octanol–water partition coefficient (Wildman–Crippen LogP) is 3.30. The van der Waals surface area contributed by atoms with Crippen LogP contribution in [0.1, 0.15) is 54.4 Å². The standard InChI is InChI=1S/C24H33N3O4/c1-16(2)22(18-5-7-20(30-4)8-6-18)26-21(28)15-27-12-9-19(10-13-27)25-24(29)23-17(3)11-14-31-23/h5-8,11,14,16,19,22H,9-10,12-13,15H2,1-4H3,(H,25,29)(H,26,28). The van der Waals surface area contributed by atoms with Crippen molar-refractivity contribution in [3.05, 3.63) is 53.5 Å². The van der Waals surface area contributed by atoms with Gasteiger partial charge >= 0.3 is 0 Å². The van der Waals surface area contributed by atoms with Crippen molar-refractivity contribution in [3.63, 3.8) is 0 Å². The third-order valence-electron chi connectivity index (χ3n) is 5.82. The highest BCUT2D eigenvalue weighted by atomic mass is 16.5. The summed E-state index contributed by atoms with van der Waals surface area (Å²) in [7, 11) is 1.64. The molecule has 2 heterocycles. The molecule has 1 aliphatic rings. The summed E-state index contributed by atoms with van der Waals surface area (Å²) in [5.41, 5.74) is 1.90. The summed E-state index contributed by atoms with van der Waals surface area (Å²) in [6.07, 6.45) is 3.15. The van der Waals surface area contributed by atoms with Crippen LogP contribution in [0.25, 0.3) is 0 Å². The first kappa shape index (κ1) is 22.9. The fraction of sp³-hybridized carbons (Fsp3) is 0.500. The van der Waals surface area contributed by atoms with E-state index in [0.29, 0.717) is 12.3 Å². The molecule has 1 fully saturated rings. The van der Waals surface area contributed by atoms with E-state index in [4.69, 9.17) is 9.15 Å². The van der Waals surface area contributed by atoms with Gasteiger partial charge in [0.1, 0.15) is 5.75 Å². The predicted molar refractivity (Wildman–Crippen MR) is 119 cm³/mol. The van der Waals surface area contributed by atoms with Gasteiger partial charge in [0.05, 0.1) is 26.0 Å². The first-order valence-electron chi connectivity index (χ1n) is 10.9. The summed E-state index contributed by atoms with van der Waals surface area (Å²) >= 11 is 0. The Bertz CT molecular complexity index is 867. The van der Waals surface area contributed by atoms with Gasteiger partial charge in [-0.25, -0.2) is 0 Å². The molecule has 1 atom stereocenters. The van der Waals surface area contributed by atoms with Crippen molar-refractivity contribution in [2.24, 2.45) is 5.92 Å². The number of benzene rings is 1. The van der Waals surface area contributed by atoms with E-state index in [9.17, 15) is 9.59 Å². The molecule has 0 radical (unpaired) electrons. The Hall–Kier alpha value is -2.80. The van der Waals surface area contributed by atoms with Crippen molar-refractivity contribution >= 4 is 11.8 Å². The molecular formula is C24H33N3O4. The van der Waals surface area contributed by atoms with E-state index in [0.717, 1.165) is 42.8 Å². The molecule has 31 heavy (non-hydrogen) atoms. The molecule has 3 rings (SSSR count). The number of aryl methyl sites for hydroxylation is 1. The Balaban J connectivity index is 1.47. The Morgan fingerprint density at radius 2 is 1.84 bits per heavy atom. The minimum absolute atomic E-state index is 0.0169. The lowest BCUT2D eigenvalue weighted by Gasteiger charge is -2.32. The average molecular weight is 428 g/mol. The van der Waals surface area contributed by atoms with Crippen molar-refractivity contribution in [2.45, 2.75) is 45.7 Å². The van der Waals surface area contributed by atoms with Gasteiger partial charge in [0, 0.05) is 24.7 Å². The molecule has 0 saturated carbocycles. The summed E-state index contributed by atoms with van der Waals surface area (Å²) in [6.45, 7) is 7.95. The largest absolute Gasteiger partial charge is 0.497 e. The van der Waals surface area contributed by atoms with E-state index < -0.39 is 0 Å². The van der Waals surface area contributed by atoms with E-state index in [1.165, 1.54) is 6.26 Å². The van der Waals surface area contributed by atoms with Crippen molar-refractivity contribution in [2.75, 3.05) is 26.7 Å². The number of ether oxygens (including phenoxy) is 1. The number of piperidine rings is 1. The fourth-order valence-corrected chi connectivity index (χ4v) is 3.96. The third kappa shape index (κ3) is 6.10. The van der Waals surface area contributed by atoms with Crippen LogP contribution in [0.2, 0.25) is 0 Å². The summed E-state index contributed by atoms with van der Waals surface area (Å²) in [5.74, 6) is 1.29. The second-order valence-electron chi connectivity index (χ2n) is 8.52. The van der Waals surface area contributed by atoms with Gasteiger partial charge in [-0.05, 0) is 49.4 Å². The van der Waals surface area contributed by atoms with E-state index in [1.807, 2.05) is 31.2 Å². The number of hydrogen-bond donors (Lipinski definition) is 2. The van der Waals surface area contributed by atoms with Crippen LogP contribution in [0.5, 0.6) is 5.75 Å². The van der Waals surface area contributed by atoms with Crippen LogP contribution in [-0.2, 0) is 4.79 Å². The molecule has 1 aromatic heterocycles. The first-order chi connectivity index (χ1) is 14.9. The van der Waals surface area contributed by atoms with Gasteiger partial charge in [-0.2, -0.15) is 0 Å². The highest BCUT2D eigenvalue weighted by Gasteiger charge is 2.25. The van der Waals surface area contributed by atoms with Crippen LogP contribution >= 0.6 is 0 Å². The third-order valence-corrected chi connectivity index (χ3v) is 5.82. The van der Waals surface area contributed by atoms with E-state index in [1.54, 1.807) is 13.2 Å². The lowest BCUT2D eigenvalue weighted by molar-refractivity contribution is -0.123. The quantitative estimate of drug-likeness (QED) is 0.675. The Labute approximate surface area is 184 Å². The highest BCUT2D eigenvalue weighted by molar-refractivity contribution is 5.93. The minimum atomic E-state index is -0.169. The number of nitrogens with zero attached hydrogens (tertiary/aromatic N) is 1.